The van der Waals surface area contributed by atoms with Gasteiger partial charge in [-0.1, -0.05) is 73.5 Å². The summed E-state index contributed by atoms with van der Waals surface area (Å²) in [5, 5.41) is 5.87. The number of carbonyl (C=O) groups excluding carboxylic acids is 5. The summed E-state index contributed by atoms with van der Waals surface area (Å²) in [5.41, 5.74) is -1.14. The molecule has 0 radical (unpaired) electrons. The second-order valence-electron chi connectivity index (χ2n) is 16.3. The molecule has 2 aromatic rings. The van der Waals surface area contributed by atoms with E-state index in [1.807, 2.05) is 0 Å². The minimum Gasteiger partial charge on any atom is -0.444 e. The van der Waals surface area contributed by atoms with Crippen molar-refractivity contribution in [3.8, 4) is 0 Å². The summed E-state index contributed by atoms with van der Waals surface area (Å²) >= 11 is 12.1. The van der Waals surface area contributed by atoms with Crippen molar-refractivity contribution in [2.24, 2.45) is 5.92 Å². The summed E-state index contributed by atoms with van der Waals surface area (Å²) in [6.45, 7) is 4.94. The molecular formula is C39H48Cl2FN5O9S. The molecule has 3 fully saturated rings. The second kappa shape index (κ2) is 17.0. The molecule has 1 aliphatic carbocycles. The van der Waals surface area contributed by atoms with Crippen LogP contribution in [-0.4, -0.2) is 84.0 Å². The van der Waals surface area contributed by atoms with E-state index in [4.69, 9.17) is 32.7 Å². The highest BCUT2D eigenvalue weighted by Gasteiger charge is 2.62. The molecule has 0 aromatic heterocycles. The molecule has 4 aliphatic rings. The summed E-state index contributed by atoms with van der Waals surface area (Å²) in [6.07, 6.45) is 1.85. The highest BCUT2D eigenvalue weighted by molar-refractivity contribution is 7.89. The van der Waals surface area contributed by atoms with Crippen LogP contribution in [0.5, 0.6) is 0 Å². The molecule has 310 valence electrons. The van der Waals surface area contributed by atoms with E-state index in [1.54, 1.807) is 32.9 Å². The molecule has 5 atom stereocenters. The predicted molar refractivity (Wildman–Crippen MR) is 208 cm³/mol. The van der Waals surface area contributed by atoms with E-state index in [1.165, 1.54) is 34.1 Å². The van der Waals surface area contributed by atoms with Gasteiger partial charge in [0.05, 0.1) is 28.9 Å². The number of ether oxygens (including phenoxy) is 2. The fourth-order valence-electron chi connectivity index (χ4n) is 7.87. The Morgan fingerprint density at radius 2 is 1.72 bits per heavy atom. The van der Waals surface area contributed by atoms with Gasteiger partial charge in [0.1, 0.15) is 35.1 Å². The van der Waals surface area contributed by atoms with Crippen molar-refractivity contribution in [3.05, 3.63) is 69.0 Å². The Morgan fingerprint density at radius 1 is 1.00 bits per heavy atom. The molecular weight excluding hydrogens is 804 g/mol. The number of nitrogens with one attached hydrogen (secondary N) is 3. The van der Waals surface area contributed by atoms with Gasteiger partial charge in [-0.3, -0.25) is 24.0 Å². The van der Waals surface area contributed by atoms with Gasteiger partial charge in [0.25, 0.3) is 5.91 Å². The molecule has 0 unspecified atom stereocenters. The molecule has 2 saturated heterocycles. The number of alkyl carbamates (subject to hydrolysis) is 1. The summed E-state index contributed by atoms with van der Waals surface area (Å²) in [4.78, 5) is 71.7. The number of sulfonamides is 1. The van der Waals surface area contributed by atoms with Gasteiger partial charge in [-0.15, -0.1) is 0 Å². The van der Waals surface area contributed by atoms with Gasteiger partial charge in [0, 0.05) is 18.5 Å². The smallest absolute Gasteiger partial charge is 0.410 e. The molecule has 14 nitrogen and oxygen atoms in total. The Morgan fingerprint density at radius 3 is 2.42 bits per heavy atom. The third kappa shape index (κ3) is 10.3. The Kier molecular flexibility index (Phi) is 12.6. The standard InChI is InChI=1S/C39H48Cl2FN5O9S/c1-38(2,3)56-36(51)43-31-13-8-6-4-5-7-11-25-18-39(25,35(50)45-57(53,54)22-23-14-15-28(40)29(41)16-23)44-33(48)32-17-26(20-47(32)34(31)49)55-37(52)46-19-24-10-9-12-30(42)27(24)21-46/h9-10,12,14-16,25-26,31-32H,4-8,11,13,17-22H2,1-3H3,(H,43,51)(H,44,48)(H,45,50)/t25-,26+,31-,32-,39+/m0/s1. The molecule has 3 heterocycles. The highest BCUT2D eigenvalue weighted by Crippen LogP contribution is 2.48. The molecule has 3 aliphatic heterocycles. The zero-order valence-electron chi connectivity index (χ0n) is 32.1. The lowest BCUT2D eigenvalue weighted by Crippen LogP contribution is -2.58. The summed E-state index contributed by atoms with van der Waals surface area (Å²) in [7, 11) is -4.27. The highest BCUT2D eigenvalue weighted by atomic mass is 35.5. The summed E-state index contributed by atoms with van der Waals surface area (Å²) in [5.74, 6) is -3.68. The van der Waals surface area contributed by atoms with Crippen molar-refractivity contribution in [1.82, 2.24) is 25.2 Å². The molecule has 5 amide bonds. The van der Waals surface area contributed by atoms with E-state index >= 15 is 0 Å². The van der Waals surface area contributed by atoms with Crippen molar-refractivity contribution in [2.45, 2.75) is 127 Å². The van der Waals surface area contributed by atoms with Gasteiger partial charge >= 0.3 is 12.2 Å². The van der Waals surface area contributed by atoms with Crippen LogP contribution in [0.2, 0.25) is 10.0 Å². The minimum atomic E-state index is -4.27. The van der Waals surface area contributed by atoms with E-state index in [9.17, 15) is 36.8 Å². The third-order valence-electron chi connectivity index (χ3n) is 10.8. The molecule has 3 N–H and O–H groups in total. The van der Waals surface area contributed by atoms with Crippen LogP contribution in [0.15, 0.2) is 36.4 Å². The number of hydrogen-bond donors (Lipinski definition) is 3. The van der Waals surface area contributed by atoms with Crippen LogP contribution >= 0.6 is 23.2 Å². The maximum Gasteiger partial charge on any atom is 0.410 e. The lowest BCUT2D eigenvalue weighted by atomic mass is 10.0. The van der Waals surface area contributed by atoms with Crippen LogP contribution in [0.1, 0.15) is 95.2 Å². The van der Waals surface area contributed by atoms with Crippen molar-refractivity contribution in [2.75, 3.05) is 6.54 Å². The third-order valence-corrected chi connectivity index (χ3v) is 12.7. The largest absolute Gasteiger partial charge is 0.444 e. The normalized spacial score (nSPS) is 25.5. The monoisotopic (exact) mass is 851 g/mol. The van der Waals surface area contributed by atoms with Crippen LogP contribution in [0, 0.1) is 11.7 Å². The maximum atomic E-state index is 14.5. The average molecular weight is 853 g/mol. The lowest BCUT2D eigenvalue weighted by molar-refractivity contribution is -0.141. The van der Waals surface area contributed by atoms with Crippen molar-refractivity contribution < 1.29 is 46.3 Å². The quantitative estimate of drug-likeness (QED) is 0.328. The SMILES string of the molecule is CC(C)(C)OC(=O)N[C@H]1CCCCCCC[C@H]2C[C@@]2(C(=O)NS(=O)(=O)Cc2ccc(Cl)c(Cl)c2)NC(=O)[C@@H]2C[C@@H](OC(=O)N3Cc4cccc(F)c4C3)CN2C1=O. The van der Waals surface area contributed by atoms with Crippen LogP contribution in [0.3, 0.4) is 0 Å². The average Bonchev–Trinajstić information content (AvgIpc) is 3.40. The molecule has 0 bridgehead atoms. The van der Waals surface area contributed by atoms with Crippen LogP contribution < -0.4 is 15.4 Å². The predicted octanol–water partition coefficient (Wildman–Crippen LogP) is 5.71. The first-order chi connectivity index (χ1) is 26.8. The van der Waals surface area contributed by atoms with Gasteiger partial charge in [-0.25, -0.2) is 22.4 Å². The summed E-state index contributed by atoms with van der Waals surface area (Å²) in [6, 6.07) is 6.53. The van der Waals surface area contributed by atoms with E-state index in [2.05, 4.69) is 15.4 Å². The molecule has 57 heavy (non-hydrogen) atoms. The molecule has 6 rings (SSSR count). The number of fused-ring (bicyclic) bond motifs is 3. The Labute approximate surface area is 341 Å². The van der Waals surface area contributed by atoms with E-state index < -0.39 is 80.8 Å². The van der Waals surface area contributed by atoms with Gasteiger partial charge in [-0.05, 0) is 75.3 Å². The van der Waals surface area contributed by atoms with Crippen molar-refractivity contribution in [1.29, 1.82) is 0 Å². The van der Waals surface area contributed by atoms with Gasteiger partial charge in [-0.2, -0.15) is 0 Å². The Bertz CT molecular complexity index is 2030. The maximum absolute atomic E-state index is 14.5. The number of halogens is 3. The number of nitrogens with zero attached hydrogens (tertiary/aromatic N) is 2. The van der Waals surface area contributed by atoms with E-state index in [0.717, 1.165) is 19.3 Å². The molecule has 18 heteroatoms. The lowest BCUT2D eigenvalue weighted by Gasteiger charge is -2.30. The summed E-state index contributed by atoms with van der Waals surface area (Å²) < 4.78 is 54.5. The first kappa shape index (κ1) is 42.5. The Balaban J connectivity index is 1.24. The van der Waals surface area contributed by atoms with Gasteiger partial charge in [0.15, 0.2) is 0 Å². The Hall–Kier alpha value is -4.15. The first-order valence-electron chi connectivity index (χ1n) is 19.2. The van der Waals surface area contributed by atoms with Crippen LogP contribution in [0.4, 0.5) is 14.0 Å². The number of benzene rings is 2. The van der Waals surface area contributed by atoms with Gasteiger partial charge in [0.2, 0.25) is 21.8 Å². The van der Waals surface area contributed by atoms with E-state index in [-0.39, 0.29) is 54.9 Å². The zero-order chi connectivity index (χ0) is 41.3. The minimum absolute atomic E-state index is 0.0189. The van der Waals surface area contributed by atoms with Gasteiger partial charge < -0.3 is 25.0 Å². The molecule has 0 spiro atoms. The zero-order valence-corrected chi connectivity index (χ0v) is 34.4. The molecule has 1 saturated carbocycles. The fraction of sp³-hybridized carbons (Fsp3) is 0.564. The topological polar surface area (TPSA) is 181 Å². The number of rotatable bonds is 6. The number of hydrogen-bond acceptors (Lipinski definition) is 9. The van der Waals surface area contributed by atoms with Crippen LogP contribution in [0.25, 0.3) is 0 Å². The number of carbonyl (C=O) groups is 5. The first-order valence-corrected chi connectivity index (χ1v) is 21.6. The molecule has 2 aromatic carbocycles. The van der Waals surface area contributed by atoms with E-state index in [0.29, 0.717) is 36.0 Å². The number of amides is 5. The second-order valence-corrected chi connectivity index (χ2v) is 18.9. The fourth-order valence-corrected chi connectivity index (χ4v) is 9.34. The van der Waals surface area contributed by atoms with Crippen molar-refractivity contribution in [3.63, 3.8) is 0 Å². The van der Waals surface area contributed by atoms with Crippen LogP contribution in [-0.2, 0) is 52.7 Å². The van der Waals surface area contributed by atoms with Crippen molar-refractivity contribution >= 4 is 63.1 Å².